The number of phosphoric acid groups is 1. The fourth-order valence-corrected chi connectivity index (χ4v) is 4.35. The molecule has 0 unspecified atom stereocenters. The quantitative estimate of drug-likeness (QED) is 0.228. The number of rotatable bonds is 11. The molecule has 3 rings (SSSR count). The van der Waals surface area contributed by atoms with Gasteiger partial charge in [0, 0.05) is 0 Å². The van der Waals surface area contributed by atoms with E-state index in [4.69, 9.17) is 13.6 Å². The average Bonchev–Trinajstić information content (AvgIpc) is 2.78. The Kier molecular flexibility index (Phi) is 7.95. The lowest BCUT2D eigenvalue weighted by molar-refractivity contribution is 0.207. The highest BCUT2D eigenvalue weighted by Gasteiger charge is 2.30. The molecule has 0 aliphatic heterocycles. The SMILES string of the molecule is CCC(C)(C)c1cccc(CCCOP(=O)(Oc2ccccc2)Oc2ccccc2)c1. The molecule has 4 nitrogen and oxygen atoms in total. The van der Waals surface area contributed by atoms with Gasteiger partial charge in [0.15, 0.2) is 0 Å². The van der Waals surface area contributed by atoms with Crippen LogP contribution in [0.15, 0.2) is 84.9 Å². The summed E-state index contributed by atoms with van der Waals surface area (Å²) >= 11 is 0. The third-order valence-electron chi connectivity index (χ3n) is 5.37. The molecule has 0 aromatic heterocycles. The Morgan fingerprint density at radius 3 is 1.94 bits per heavy atom. The third kappa shape index (κ3) is 6.99. The lowest BCUT2D eigenvalue weighted by atomic mass is 9.81. The molecular weight excluding hydrogens is 407 g/mol. The zero-order valence-corrected chi connectivity index (χ0v) is 19.4. The minimum atomic E-state index is -3.83. The molecule has 0 spiro atoms. The van der Waals surface area contributed by atoms with E-state index in [0.29, 0.717) is 17.9 Å². The minimum Gasteiger partial charge on any atom is -0.395 e. The molecule has 3 aromatic rings. The van der Waals surface area contributed by atoms with Crippen molar-refractivity contribution in [1.29, 1.82) is 0 Å². The van der Waals surface area contributed by atoms with Gasteiger partial charge in [0.25, 0.3) is 0 Å². The van der Waals surface area contributed by atoms with Gasteiger partial charge >= 0.3 is 7.82 Å². The molecule has 0 bridgehead atoms. The molecule has 0 saturated carbocycles. The van der Waals surface area contributed by atoms with Gasteiger partial charge in [0.2, 0.25) is 0 Å². The summed E-state index contributed by atoms with van der Waals surface area (Å²) < 4.78 is 30.3. The summed E-state index contributed by atoms with van der Waals surface area (Å²) in [6, 6.07) is 26.5. The van der Waals surface area contributed by atoms with Gasteiger partial charge in [-0.1, -0.05) is 81.4 Å². The molecule has 0 heterocycles. The molecule has 0 saturated heterocycles. The van der Waals surface area contributed by atoms with Gasteiger partial charge in [-0.3, -0.25) is 4.52 Å². The van der Waals surface area contributed by atoms with Gasteiger partial charge < -0.3 is 9.05 Å². The van der Waals surface area contributed by atoms with Crippen molar-refractivity contribution < 1.29 is 18.1 Å². The molecule has 0 aliphatic rings. The van der Waals surface area contributed by atoms with Crippen molar-refractivity contribution in [2.75, 3.05) is 6.61 Å². The highest BCUT2D eigenvalue weighted by Crippen LogP contribution is 2.49. The van der Waals surface area contributed by atoms with Crippen molar-refractivity contribution in [3.05, 3.63) is 96.1 Å². The average molecular weight is 439 g/mol. The summed E-state index contributed by atoms with van der Waals surface area (Å²) in [5.74, 6) is 0.882. The molecular formula is C26H31O4P. The second kappa shape index (κ2) is 10.7. The van der Waals surface area contributed by atoms with Crippen LogP contribution in [0.25, 0.3) is 0 Å². The third-order valence-corrected chi connectivity index (χ3v) is 6.74. The summed E-state index contributed by atoms with van der Waals surface area (Å²) in [6.45, 7) is 6.98. The predicted octanol–water partition coefficient (Wildman–Crippen LogP) is 7.59. The maximum absolute atomic E-state index is 13.3. The minimum absolute atomic E-state index is 0.148. The molecule has 0 fully saturated rings. The van der Waals surface area contributed by atoms with Crippen LogP contribution in [0, 0.1) is 0 Å². The van der Waals surface area contributed by atoms with E-state index in [-0.39, 0.29) is 12.0 Å². The van der Waals surface area contributed by atoms with Crippen LogP contribution < -0.4 is 9.05 Å². The van der Waals surface area contributed by atoms with Crippen LogP contribution in [0.1, 0.15) is 44.7 Å². The lowest BCUT2D eigenvalue weighted by Crippen LogP contribution is -2.15. The van der Waals surface area contributed by atoms with E-state index in [1.54, 1.807) is 24.3 Å². The van der Waals surface area contributed by atoms with Crippen LogP contribution in [-0.4, -0.2) is 6.61 Å². The zero-order chi connectivity index (χ0) is 22.2. The Bertz CT molecular complexity index is 941. The number of benzene rings is 3. The van der Waals surface area contributed by atoms with Gasteiger partial charge in [-0.05, 0) is 60.1 Å². The Morgan fingerprint density at radius 1 is 0.806 bits per heavy atom. The number of hydrogen-bond acceptors (Lipinski definition) is 4. The van der Waals surface area contributed by atoms with E-state index in [2.05, 4.69) is 45.0 Å². The largest absolute Gasteiger partial charge is 0.587 e. The summed E-state index contributed by atoms with van der Waals surface area (Å²) in [6.07, 6.45) is 2.61. The first-order valence-electron chi connectivity index (χ1n) is 10.7. The van der Waals surface area contributed by atoms with Crippen LogP contribution in [0.3, 0.4) is 0 Å². The van der Waals surface area contributed by atoms with Crippen LogP contribution in [0.4, 0.5) is 0 Å². The Balaban J connectivity index is 1.63. The van der Waals surface area contributed by atoms with E-state index in [9.17, 15) is 4.57 Å². The summed E-state index contributed by atoms with van der Waals surface area (Å²) in [5.41, 5.74) is 2.72. The van der Waals surface area contributed by atoms with Crippen LogP contribution >= 0.6 is 7.82 Å². The van der Waals surface area contributed by atoms with E-state index in [1.165, 1.54) is 11.1 Å². The fraction of sp³-hybridized carbons (Fsp3) is 0.308. The molecule has 164 valence electrons. The van der Waals surface area contributed by atoms with E-state index < -0.39 is 7.82 Å². The second-order valence-corrected chi connectivity index (χ2v) is 9.65. The second-order valence-electron chi connectivity index (χ2n) is 8.13. The van der Waals surface area contributed by atoms with Gasteiger partial charge in [-0.15, -0.1) is 0 Å². The van der Waals surface area contributed by atoms with Crippen molar-refractivity contribution in [1.82, 2.24) is 0 Å². The molecule has 0 aliphatic carbocycles. The number of aryl methyl sites for hydroxylation is 1. The number of hydrogen-bond donors (Lipinski definition) is 0. The number of phosphoric ester groups is 1. The topological polar surface area (TPSA) is 44.8 Å². The standard InChI is InChI=1S/C26H31O4P/c1-4-26(2,3)23-15-11-13-22(21-23)14-12-20-28-31(27,29-24-16-7-5-8-17-24)30-25-18-9-6-10-19-25/h5-11,13,15-19,21H,4,12,14,20H2,1-3H3. The van der Waals surface area contributed by atoms with Gasteiger partial charge in [0.05, 0.1) is 6.61 Å². The van der Waals surface area contributed by atoms with Crippen molar-refractivity contribution in [2.24, 2.45) is 0 Å². The van der Waals surface area contributed by atoms with E-state index in [1.807, 2.05) is 36.4 Å². The Labute approximate surface area is 185 Å². The molecule has 0 atom stereocenters. The maximum atomic E-state index is 13.3. The first kappa shape index (κ1) is 23.1. The highest BCUT2D eigenvalue weighted by atomic mass is 31.2. The molecule has 3 aromatic carbocycles. The molecule has 0 radical (unpaired) electrons. The zero-order valence-electron chi connectivity index (χ0n) is 18.5. The van der Waals surface area contributed by atoms with Crippen molar-refractivity contribution >= 4 is 7.82 Å². The summed E-state index contributed by atoms with van der Waals surface area (Å²) in [7, 11) is -3.83. The van der Waals surface area contributed by atoms with Crippen LogP contribution in [-0.2, 0) is 20.9 Å². The molecule has 5 heteroatoms. The lowest BCUT2D eigenvalue weighted by Gasteiger charge is -2.24. The van der Waals surface area contributed by atoms with Crippen molar-refractivity contribution in [3.63, 3.8) is 0 Å². The normalized spacial score (nSPS) is 11.8. The smallest absolute Gasteiger partial charge is 0.395 e. The number of para-hydroxylation sites is 2. The van der Waals surface area contributed by atoms with E-state index in [0.717, 1.165) is 12.8 Å². The van der Waals surface area contributed by atoms with E-state index >= 15 is 0 Å². The van der Waals surface area contributed by atoms with Gasteiger partial charge in [-0.2, -0.15) is 0 Å². The molecule has 0 N–H and O–H groups in total. The summed E-state index contributed by atoms with van der Waals surface area (Å²) in [4.78, 5) is 0. The van der Waals surface area contributed by atoms with Gasteiger partial charge in [0.1, 0.15) is 11.5 Å². The van der Waals surface area contributed by atoms with Gasteiger partial charge in [-0.25, -0.2) is 4.57 Å². The first-order valence-corrected chi connectivity index (χ1v) is 12.2. The highest BCUT2D eigenvalue weighted by molar-refractivity contribution is 7.49. The van der Waals surface area contributed by atoms with Crippen LogP contribution in [0.2, 0.25) is 0 Å². The Hall–Kier alpha value is -2.55. The van der Waals surface area contributed by atoms with Crippen LogP contribution in [0.5, 0.6) is 11.5 Å². The maximum Gasteiger partial charge on any atom is 0.587 e. The predicted molar refractivity (Wildman–Crippen MR) is 126 cm³/mol. The Morgan fingerprint density at radius 2 is 1.39 bits per heavy atom. The first-order chi connectivity index (χ1) is 14.9. The van der Waals surface area contributed by atoms with Crippen molar-refractivity contribution in [3.8, 4) is 11.5 Å². The van der Waals surface area contributed by atoms with Crippen molar-refractivity contribution in [2.45, 2.75) is 45.4 Å². The fourth-order valence-electron chi connectivity index (χ4n) is 3.10. The molecule has 31 heavy (non-hydrogen) atoms. The summed E-state index contributed by atoms with van der Waals surface area (Å²) in [5, 5.41) is 0. The monoisotopic (exact) mass is 438 g/mol. The molecule has 0 amide bonds.